The summed E-state index contributed by atoms with van der Waals surface area (Å²) in [6.07, 6.45) is 0.458. The minimum absolute atomic E-state index is 0.0378. The molecule has 1 heterocycles. The summed E-state index contributed by atoms with van der Waals surface area (Å²) in [5.74, 6) is -0.191. The largest absolute Gasteiger partial charge is 0.444 e. The van der Waals surface area contributed by atoms with Gasteiger partial charge in [0.1, 0.15) is 11.6 Å². The van der Waals surface area contributed by atoms with E-state index in [4.69, 9.17) is 4.74 Å². The van der Waals surface area contributed by atoms with Crippen LogP contribution in [0, 0.1) is 5.41 Å². The number of carbonyl (C=O) groups is 2. The van der Waals surface area contributed by atoms with Gasteiger partial charge in [0.15, 0.2) is 0 Å². The molecule has 0 aromatic heterocycles. The molecule has 1 fully saturated rings. The normalized spacial score (nSPS) is 21.5. The van der Waals surface area contributed by atoms with Gasteiger partial charge in [0.2, 0.25) is 5.91 Å². The van der Waals surface area contributed by atoms with E-state index in [9.17, 15) is 9.59 Å². The van der Waals surface area contributed by atoms with Gasteiger partial charge in [0.05, 0.1) is 0 Å². The van der Waals surface area contributed by atoms with E-state index in [-0.39, 0.29) is 11.3 Å². The Morgan fingerprint density at radius 2 is 1.93 bits per heavy atom. The highest BCUT2D eigenvalue weighted by molar-refractivity contribution is 5.85. The van der Waals surface area contributed by atoms with Crippen molar-refractivity contribution < 1.29 is 14.3 Å². The molecule has 150 valence electrons. The zero-order valence-corrected chi connectivity index (χ0v) is 17.2. The van der Waals surface area contributed by atoms with Crippen molar-refractivity contribution in [1.82, 2.24) is 15.5 Å². The number of nitrogens with zero attached hydrogens (tertiary/aromatic N) is 1. The fourth-order valence-corrected chi connectivity index (χ4v) is 3.25. The molecule has 0 aliphatic carbocycles. The Morgan fingerprint density at radius 3 is 2.56 bits per heavy atom. The lowest BCUT2D eigenvalue weighted by atomic mass is 9.90. The third kappa shape index (κ3) is 7.21. The molecule has 6 heteroatoms. The molecular formula is C21H33N3O3. The second-order valence-electron chi connectivity index (χ2n) is 8.84. The molecule has 0 saturated carbocycles. The third-order valence-corrected chi connectivity index (χ3v) is 4.70. The molecule has 2 unspecified atom stereocenters. The molecule has 27 heavy (non-hydrogen) atoms. The van der Waals surface area contributed by atoms with E-state index in [0.29, 0.717) is 6.54 Å². The Balaban J connectivity index is 1.76. The zero-order valence-electron chi connectivity index (χ0n) is 17.2. The highest BCUT2D eigenvalue weighted by Gasteiger charge is 2.34. The summed E-state index contributed by atoms with van der Waals surface area (Å²) in [6, 6.07) is 9.79. The van der Waals surface area contributed by atoms with E-state index in [1.807, 2.05) is 6.07 Å². The summed E-state index contributed by atoms with van der Waals surface area (Å²) in [5, 5.41) is 5.56. The van der Waals surface area contributed by atoms with Gasteiger partial charge in [-0.3, -0.25) is 9.69 Å². The second kappa shape index (κ2) is 8.74. The fourth-order valence-electron chi connectivity index (χ4n) is 3.25. The van der Waals surface area contributed by atoms with E-state index in [2.05, 4.69) is 46.7 Å². The molecule has 1 aliphatic rings. The van der Waals surface area contributed by atoms with Crippen LogP contribution in [-0.4, -0.2) is 48.2 Å². The van der Waals surface area contributed by atoms with E-state index in [1.165, 1.54) is 5.56 Å². The molecule has 2 amide bonds. The summed E-state index contributed by atoms with van der Waals surface area (Å²) in [6.45, 7) is 12.7. The van der Waals surface area contributed by atoms with Gasteiger partial charge in [-0.25, -0.2) is 4.79 Å². The summed E-state index contributed by atoms with van der Waals surface area (Å²) in [7, 11) is 0. The maximum atomic E-state index is 12.3. The van der Waals surface area contributed by atoms with Crippen LogP contribution in [0.15, 0.2) is 30.3 Å². The van der Waals surface area contributed by atoms with Crippen molar-refractivity contribution >= 4 is 12.0 Å². The smallest absolute Gasteiger partial charge is 0.408 e. The Morgan fingerprint density at radius 1 is 1.26 bits per heavy atom. The lowest BCUT2D eigenvalue weighted by molar-refractivity contribution is -0.123. The maximum absolute atomic E-state index is 12.3. The number of carbonyl (C=O) groups excluding carboxylic acids is 2. The van der Waals surface area contributed by atoms with E-state index in [0.717, 1.165) is 26.1 Å². The topological polar surface area (TPSA) is 70.7 Å². The maximum Gasteiger partial charge on any atom is 0.408 e. The number of hydrogen-bond acceptors (Lipinski definition) is 4. The minimum Gasteiger partial charge on any atom is -0.444 e. The van der Waals surface area contributed by atoms with Crippen LogP contribution in [0.2, 0.25) is 0 Å². The first kappa shape index (κ1) is 21.2. The monoisotopic (exact) mass is 375 g/mol. The molecule has 0 bridgehead atoms. The number of alkyl carbamates (subject to hydrolysis) is 1. The van der Waals surface area contributed by atoms with E-state index >= 15 is 0 Å². The van der Waals surface area contributed by atoms with Crippen molar-refractivity contribution in [1.29, 1.82) is 0 Å². The number of amides is 2. The van der Waals surface area contributed by atoms with Crippen LogP contribution in [0.25, 0.3) is 0 Å². The van der Waals surface area contributed by atoms with E-state index in [1.54, 1.807) is 27.7 Å². The lowest BCUT2D eigenvalue weighted by Crippen LogP contribution is -2.48. The zero-order chi connectivity index (χ0) is 20.1. The Hall–Kier alpha value is -2.08. The van der Waals surface area contributed by atoms with Crippen LogP contribution < -0.4 is 10.6 Å². The molecule has 2 atom stereocenters. The number of hydrogen-bond donors (Lipinski definition) is 2. The number of nitrogens with one attached hydrogen (secondary N) is 2. The van der Waals surface area contributed by atoms with Crippen molar-refractivity contribution in [3.05, 3.63) is 35.9 Å². The molecule has 2 rings (SSSR count). The van der Waals surface area contributed by atoms with Crippen molar-refractivity contribution in [2.24, 2.45) is 5.41 Å². The van der Waals surface area contributed by atoms with Crippen molar-refractivity contribution in [2.45, 2.75) is 59.2 Å². The molecule has 1 aromatic carbocycles. The standard InChI is InChI=1S/C21H33N3O3/c1-16(23-19(26)27-20(2,3)4)18(25)22-14-21(5)11-12-24(15-21)13-17-9-7-6-8-10-17/h6-10,16H,11-15H2,1-5H3,(H,22,25)(H,23,26). The van der Waals surface area contributed by atoms with Gasteiger partial charge in [0.25, 0.3) is 0 Å². The molecule has 0 radical (unpaired) electrons. The number of benzene rings is 1. The SMILES string of the molecule is CC(NC(=O)OC(C)(C)C)C(=O)NCC1(C)CCN(Cc2ccccc2)C1. The van der Waals surface area contributed by atoms with Gasteiger partial charge >= 0.3 is 6.09 Å². The summed E-state index contributed by atoms with van der Waals surface area (Å²) >= 11 is 0. The van der Waals surface area contributed by atoms with Crippen molar-refractivity contribution in [3.63, 3.8) is 0 Å². The minimum atomic E-state index is -0.634. The average molecular weight is 376 g/mol. The predicted octanol–water partition coefficient (Wildman–Crippen LogP) is 2.93. The molecule has 6 nitrogen and oxygen atoms in total. The van der Waals surface area contributed by atoms with Crippen LogP contribution in [0.4, 0.5) is 4.79 Å². The second-order valence-corrected chi connectivity index (χ2v) is 8.84. The first-order chi connectivity index (χ1) is 12.6. The van der Waals surface area contributed by atoms with Gasteiger partial charge < -0.3 is 15.4 Å². The molecule has 1 aliphatic heterocycles. The van der Waals surface area contributed by atoms with Crippen molar-refractivity contribution in [3.8, 4) is 0 Å². The highest BCUT2D eigenvalue weighted by atomic mass is 16.6. The molecule has 0 spiro atoms. The van der Waals surface area contributed by atoms with Crippen LogP contribution in [0.5, 0.6) is 0 Å². The van der Waals surface area contributed by atoms with Gasteiger partial charge in [-0.2, -0.15) is 0 Å². The van der Waals surface area contributed by atoms with Crippen LogP contribution in [-0.2, 0) is 16.1 Å². The third-order valence-electron chi connectivity index (χ3n) is 4.70. The fraction of sp³-hybridized carbons (Fsp3) is 0.619. The van der Waals surface area contributed by atoms with Crippen molar-refractivity contribution in [2.75, 3.05) is 19.6 Å². The number of ether oxygens (including phenoxy) is 1. The lowest BCUT2D eigenvalue weighted by Gasteiger charge is -2.26. The first-order valence-corrected chi connectivity index (χ1v) is 9.60. The van der Waals surface area contributed by atoms with Crippen LogP contribution >= 0.6 is 0 Å². The summed E-state index contributed by atoms with van der Waals surface area (Å²) < 4.78 is 5.19. The Kier molecular flexibility index (Phi) is 6.87. The summed E-state index contributed by atoms with van der Waals surface area (Å²) in [4.78, 5) is 26.5. The quantitative estimate of drug-likeness (QED) is 0.802. The number of rotatable bonds is 6. The van der Waals surface area contributed by atoms with Gasteiger partial charge in [-0.05, 0) is 51.6 Å². The van der Waals surface area contributed by atoms with Gasteiger partial charge in [0, 0.05) is 19.6 Å². The highest BCUT2D eigenvalue weighted by Crippen LogP contribution is 2.30. The Bertz CT molecular complexity index is 642. The van der Waals surface area contributed by atoms with E-state index < -0.39 is 17.7 Å². The summed E-state index contributed by atoms with van der Waals surface area (Å²) in [5.41, 5.74) is 0.761. The average Bonchev–Trinajstić information content (AvgIpc) is 2.93. The molecule has 1 aromatic rings. The first-order valence-electron chi connectivity index (χ1n) is 9.60. The molecular weight excluding hydrogens is 342 g/mol. The number of likely N-dealkylation sites (tertiary alicyclic amines) is 1. The molecule has 1 saturated heterocycles. The van der Waals surface area contributed by atoms with Crippen LogP contribution in [0.1, 0.15) is 46.6 Å². The molecule has 2 N–H and O–H groups in total. The van der Waals surface area contributed by atoms with Gasteiger partial charge in [-0.15, -0.1) is 0 Å². The predicted molar refractivity (Wildman–Crippen MR) is 106 cm³/mol. The van der Waals surface area contributed by atoms with Crippen LogP contribution in [0.3, 0.4) is 0 Å². The van der Waals surface area contributed by atoms with Gasteiger partial charge in [-0.1, -0.05) is 37.3 Å². The Labute approximate surface area is 162 Å².